The Morgan fingerprint density at radius 1 is 1.26 bits per heavy atom. The molecule has 1 aliphatic rings. The maximum absolute atomic E-state index is 10.0. The number of β-amino-alcohol motifs (C(OH)–C–C–N with tert-alkyl or cyclic N) is 1. The first kappa shape index (κ1) is 16.9. The van der Waals surface area contributed by atoms with E-state index in [1.54, 1.807) is 7.11 Å². The largest absolute Gasteiger partial charge is 0.393 e. The average Bonchev–Trinajstić information content (AvgIpc) is 2.73. The summed E-state index contributed by atoms with van der Waals surface area (Å²) in [6.07, 6.45) is 2.29. The Morgan fingerprint density at radius 2 is 2.00 bits per heavy atom. The van der Waals surface area contributed by atoms with Crippen LogP contribution in [0.5, 0.6) is 0 Å². The quantitative estimate of drug-likeness (QED) is 0.646. The van der Waals surface area contributed by atoms with Crippen LogP contribution in [-0.2, 0) is 9.47 Å². The van der Waals surface area contributed by atoms with E-state index >= 15 is 0 Å². The highest BCUT2D eigenvalue weighted by Gasteiger charge is 2.27. The molecule has 0 spiro atoms. The minimum atomic E-state index is -0.478. The number of hydrogen-bond acceptors (Lipinski definition) is 5. The van der Waals surface area contributed by atoms with E-state index in [4.69, 9.17) is 9.47 Å². The van der Waals surface area contributed by atoms with Gasteiger partial charge in [-0.05, 0) is 39.7 Å². The van der Waals surface area contributed by atoms with Gasteiger partial charge in [-0.25, -0.2) is 0 Å². The van der Waals surface area contributed by atoms with Crippen molar-refractivity contribution in [3.05, 3.63) is 0 Å². The van der Waals surface area contributed by atoms with E-state index in [9.17, 15) is 10.2 Å². The van der Waals surface area contributed by atoms with Crippen LogP contribution in [0.1, 0.15) is 33.1 Å². The lowest BCUT2D eigenvalue weighted by atomic mass is 10.1. The molecular weight excluding hydrogens is 246 g/mol. The molecule has 5 nitrogen and oxygen atoms in total. The first-order chi connectivity index (χ1) is 9.02. The Bertz CT molecular complexity index is 237. The first-order valence-corrected chi connectivity index (χ1v) is 7.23. The molecule has 114 valence electrons. The summed E-state index contributed by atoms with van der Waals surface area (Å²) >= 11 is 0. The van der Waals surface area contributed by atoms with Gasteiger partial charge in [0.1, 0.15) is 0 Å². The number of hydrogen-bond donors (Lipinski definition) is 2. The monoisotopic (exact) mass is 275 g/mol. The van der Waals surface area contributed by atoms with E-state index in [0.29, 0.717) is 25.8 Å². The lowest BCUT2D eigenvalue weighted by molar-refractivity contribution is -0.0415. The Balaban J connectivity index is 2.24. The molecule has 0 aromatic carbocycles. The zero-order valence-electron chi connectivity index (χ0n) is 12.4. The Hall–Kier alpha value is -0.200. The van der Waals surface area contributed by atoms with E-state index in [-0.39, 0.29) is 12.2 Å². The van der Waals surface area contributed by atoms with Crippen molar-refractivity contribution < 1.29 is 19.7 Å². The number of aliphatic hydroxyl groups excluding tert-OH is 2. The maximum Gasteiger partial charge on any atom is 0.0900 e. The minimum absolute atomic E-state index is 0.00601. The minimum Gasteiger partial charge on any atom is -0.393 e. The molecule has 0 radical (unpaired) electrons. The van der Waals surface area contributed by atoms with Crippen LogP contribution in [0.4, 0.5) is 0 Å². The maximum atomic E-state index is 10.0. The summed E-state index contributed by atoms with van der Waals surface area (Å²) in [6, 6.07) is 0.394. The van der Waals surface area contributed by atoms with Crippen molar-refractivity contribution in [1.82, 2.24) is 4.90 Å². The predicted molar refractivity (Wildman–Crippen MR) is 74.2 cm³/mol. The summed E-state index contributed by atoms with van der Waals surface area (Å²) in [7, 11) is 1.64. The van der Waals surface area contributed by atoms with E-state index < -0.39 is 6.10 Å². The van der Waals surface area contributed by atoms with Gasteiger partial charge in [-0.15, -0.1) is 0 Å². The molecule has 0 aromatic rings. The second kappa shape index (κ2) is 8.87. The third-order valence-corrected chi connectivity index (χ3v) is 3.53. The van der Waals surface area contributed by atoms with E-state index in [2.05, 4.69) is 4.90 Å². The van der Waals surface area contributed by atoms with Gasteiger partial charge < -0.3 is 19.7 Å². The highest BCUT2D eigenvalue weighted by atomic mass is 16.5. The molecule has 1 heterocycles. The molecule has 0 bridgehead atoms. The van der Waals surface area contributed by atoms with Crippen LogP contribution in [0.25, 0.3) is 0 Å². The van der Waals surface area contributed by atoms with E-state index in [0.717, 1.165) is 25.8 Å². The number of aliphatic hydroxyl groups is 2. The molecule has 5 heteroatoms. The number of likely N-dealkylation sites (tertiary alicyclic amines) is 1. The van der Waals surface area contributed by atoms with Crippen molar-refractivity contribution in [2.45, 2.75) is 57.5 Å². The zero-order chi connectivity index (χ0) is 14.3. The van der Waals surface area contributed by atoms with Crippen LogP contribution in [-0.4, -0.2) is 72.9 Å². The van der Waals surface area contributed by atoms with Crippen LogP contribution >= 0.6 is 0 Å². The van der Waals surface area contributed by atoms with Crippen molar-refractivity contribution in [1.29, 1.82) is 0 Å². The fourth-order valence-corrected chi connectivity index (χ4v) is 2.68. The predicted octanol–water partition coefficient (Wildman–Crippen LogP) is 0.634. The van der Waals surface area contributed by atoms with Crippen molar-refractivity contribution in [2.24, 2.45) is 0 Å². The van der Waals surface area contributed by atoms with Gasteiger partial charge in [0.2, 0.25) is 0 Å². The smallest absolute Gasteiger partial charge is 0.0900 e. The van der Waals surface area contributed by atoms with Crippen LogP contribution in [0.3, 0.4) is 0 Å². The fourth-order valence-electron chi connectivity index (χ4n) is 2.68. The lowest BCUT2D eigenvalue weighted by Gasteiger charge is -2.28. The topological polar surface area (TPSA) is 62.2 Å². The SMILES string of the molecule is COCC(C)OCC(O)CN1CCCC1CC(C)O. The molecule has 4 atom stereocenters. The summed E-state index contributed by atoms with van der Waals surface area (Å²) in [5.41, 5.74) is 0. The Kier molecular flexibility index (Phi) is 7.87. The van der Waals surface area contributed by atoms with Gasteiger partial charge >= 0.3 is 0 Å². The molecule has 0 aliphatic carbocycles. The molecule has 19 heavy (non-hydrogen) atoms. The summed E-state index contributed by atoms with van der Waals surface area (Å²) in [4.78, 5) is 2.27. The van der Waals surface area contributed by atoms with Crippen LogP contribution < -0.4 is 0 Å². The highest BCUT2D eigenvalue weighted by Crippen LogP contribution is 2.21. The molecule has 0 saturated carbocycles. The molecule has 1 fully saturated rings. The zero-order valence-corrected chi connectivity index (χ0v) is 12.4. The molecule has 0 aromatic heterocycles. The summed E-state index contributed by atoms with van der Waals surface area (Å²) in [5, 5.41) is 19.5. The van der Waals surface area contributed by atoms with Gasteiger partial charge in [-0.3, -0.25) is 4.90 Å². The van der Waals surface area contributed by atoms with Crippen molar-refractivity contribution in [3.63, 3.8) is 0 Å². The highest BCUT2D eigenvalue weighted by molar-refractivity contribution is 4.82. The third-order valence-electron chi connectivity index (χ3n) is 3.53. The van der Waals surface area contributed by atoms with Gasteiger partial charge in [-0.1, -0.05) is 0 Å². The van der Waals surface area contributed by atoms with Gasteiger partial charge in [0, 0.05) is 19.7 Å². The molecular formula is C14H29NO4. The second-order valence-electron chi connectivity index (χ2n) is 5.63. The van der Waals surface area contributed by atoms with Crippen molar-refractivity contribution in [2.75, 3.05) is 33.4 Å². The third kappa shape index (κ3) is 6.68. The number of nitrogens with zero attached hydrogens (tertiary/aromatic N) is 1. The van der Waals surface area contributed by atoms with Crippen LogP contribution in [0.15, 0.2) is 0 Å². The van der Waals surface area contributed by atoms with Crippen molar-refractivity contribution in [3.8, 4) is 0 Å². The molecule has 0 amide bonds. The van der Waals surface area contributed by atoms with Crippen molar-refractivity contribution >= 4 is 0 Å². The summed E-state index contributed by atoms with van der Waals surface area (Å²) in [5.74, 6) is 0. The van der Waals surface area contributed by atoms with Gasteiger partial charge in [0.15, 0.2) is 0 Å². The van der Waals surface area contributed by atoms with Gasteiger partial charge in [-0.2, -0.15) is 0 Å². The molecule has 1 rings (SSSR count). The lowest BCUT2D eigenvalue weighted by Crippen LogP contribution is -2.39. The number of ether oxygens (including phenoxy) is 2. The standard InChI is InChI=1S/C14H29NO4/c1-11(16)7-13-5-4-6-15(13)8-14(17)10-19-12(2)9-18-3/h11-14,16-17H,4-10H2,1-3H3. The average molecular weight is 275 g/mol. The molecule has 4 unspecified atom stereocenters. The molecule has 1 aliphatic heterocycles. The number of rotatable bonds is 9. The first-order valence-electron chi connectivity index (χ1n) is 7.23. The Morgan fingerprint density at radius 3 is 2.63 bits per heavy atom. The van der Waals surface area contributed by atoms with Crippen LogP contribution in [0.2, 0.25) is 0 Å². The summed E-state index contributed by atoms with van der Waals surface area (Å²) in [6.45, 7) is 6.26. The molecule has 1 saturated heterocycles. The van der Waals surface area contributed by atoms with Crippen LogP contribution in [0, 0.1) is 0 Å². The van der Waals surface area contributed by atoms with Gasteiger partial charge in [0.25, 0.3) is 0 Å². The van der Waals surface area contributed by atoms with E-state index in [1.165, 1.54) is 0 Å². The summed E-state index contributed by atoms with van der Waals surface area (Å²) < 4.78 is 10.5. The number of methoxy groups -OCH3 is 1. The normalized spacial score (nSPS) is 25.4. The van der Waals surface area contributed by atoms with E-state index in [1.807, 2.05) is 13.8 Å². The Labute approximate surface area is 116 Å². The van der Waals surface area contributed by atoms with Gasteiger partial charge in [0.05, 0.1) is 31.5 Å². The molecule has 2 N–H and O–H groups in total. The second-order valence-corrected chi connectivity index (χ2v) is 5.63. The fraction of sp³-hybridized carbons (Fsp3) is 1.00.